The fourth-order valence-electron chi connectivity index (χ4n) is 2.41. The summed E-state index contributed by atoms with van der Waals surface area (Å²) in [6.07, 6.45) is 1.96. The van der Waals surface area contributed by atoms with E-state index in [4.69, 9.17) is 0 Å². The second-order valence-electron chi connectivity index (χ2n) is 4.71. The first-order valence-electron chi connectivity index (χ1n) is 6.28. The molecule has 0 spiro atoms. The number of carbonyl (C=O) groups is 1. The minimum absolute atomic E-state index is 0.0243. The highest BCUT2D eigenvalue weighted by Crippen LogP contribution is 2.28. The first-order valence-corrected chi connectivity index (χ1v) is 6.28. The number of H-pyrrole nitrogens is 1. The van der Waals surface area contributed by atoms with Crippen LogP contribution in [0.3, 0.4) is 0 Å². The van der Waals surface area contributed by atoms with Crippen LogP contribution in [0.2, 0.25) is 0 Å². The molecule has 0 saturated carbocycles. The Morgan fingerprint density at radius 2 is 2.00 bits per heavy atom. The highest BCUT2D eigenvalue weighted by Gasteiger charge is 2.27. The molecule has 2 aromatic rings. The normalized spacial score (nSPS) is 13.3. The maximum atomic E-state index is 12.5. The third-order valence-electron chi connectivity index (χ3n) is 3.54. The van der Waals surface area contributed by atoms with Crippen molar-refractivity contribution in [2.45, 2.75) is 6.42 Å². The molecule has 0 unspecified atom stereocenters. The zero-order valence-corrected chi connectivity index (χ0v) is 10.9. The molecule has 0 atom stereocenters. The fourth-order valence-corrected chi connectivity index (χ4v) is 2.41. The lowest BCUT2D eigenvalue weighted by atomic mass is 10.2. The van der Waals surface area contributed by atoms with E-state index in [2.05, 4.69) is 4.98 Å². The maximum Gasteiger partial charge on any atom is 0.328 e. The van der Waals surface area contributed by atoms with Crippen LogP contribution in [0.15, 0.2) is 40.1 Å². The van der Waals surface area contributed by atoms with Crippen molar-refractivity contribution in [3.05, 3.63) is 62.4 Å². The number of rotatable bonds is 1. The lowest BCUT2D eigenvalue weighted by molar-refractivity contribution is 0.0987. The molecule has 1 aliphatic rings. The number of para-hydroxylation sites is 1. The van der Waals surface area contributed by atoms with Gasteiger partial charge in [0.15, 0.2) is 0 Å². The Labute approximate surface area is 114 Å². The van der Waals surface area contributed by atoms with E-state index < -0.39 is 11.2 Å². The van der Waals surface area contributed by atoms with Gasteiger partial charge in [-0.2, -0.15) is 0 Å². The van der Waals surface area contributed by atoms with E-state index in [1.165, 1.54) is 13.2 Å². The summed E-state index contributed by atoms with van der Waals surface area (Å²) in [5.41, 5.74) is 0.771. The van der Waals surface area contributed by atoms with Crippen LogP contribution in [0.4, 0.5) is 5.69 Å². The number of fused-ring (bicyclic) bond motifs is 1. The van der Waals surface area contributed by atoms with Gasteiger partial charge in [-0.15, -0.1) is 0 Å². The monoisotopic (exact) mass is 271 g/mol. The highest BCUT2D eigenvalue weighted by molar-refractivity contribution is 6.06. The molecule has 1 N–H and O–H groups in total. The van der Waals surface area contributed by atoms with Gasteiger partial charge in [0.1, 0.15) is 5.56 Å². The lowest BCUT2D eigenvalue weighted by Crippen LogP contribution is -2.40. The molecule has 3 rings (SSSR count). The number of aromatic nitrogens is 2. The topological polar surface area (TPSA) is 75.2 Å². The molecule has 1 aromatic carbocycles. The van der Waals surface area contributed by atoms with Gasteiger partial charge in [-0.25, -0.2) is 4.79 Å². The zero-order valence-electron chi connectivity index (χ0n) is 10.9. The van der Waals surface area contributed by atoms with Gasteiger partial charge in [-0.05, 0) is 18.1 Å². The fraction of sp³-hybridized carbons (Fsp3) is 0.214. The van der Waals surface area contributed by atoms with Gasteiger partial charge in [-0.3, -0.25) is 14.2 Å². The first-order chi connectivity index (χ1) is 9.59. The molecule has 0 aliphatic carbocycles. The van der Waals surface area contributed by atoms with Crippen molar-refractivity contribution in [1.29, 1.82) is 0 Å². The van der Waals surface area contributed by atoms with Gasteiger partial charge in [-0.1, -0.05) is 18.2 Å². The summed E-state index contributed by atoms with van der Waals surface area (Å²) in [5.74, 6) is -0.383. The van der Waals surface area contributed by atoms with Crippen molar-refractivity contribution in [3.63, 3.8) is 0 Å². The number of amides is 1. The highest BCUT2D eigenvalue weighted by atomic mass is 16.2. The van der Waals surface area contributed by atoms with Crippen molar-refractivity contribution < 1.29 is 4.79 Å². The molecule has 1 aliphatic heterocycles. The first kappa shape index (κ1) is 12.4. The van der Waals surface area contributed by atoms with E-state index in [1.807, 2.05) is 24.3 Å². The van der Waals surface area contributed by atoms with E-state index in [0.29, 0.717) is 6.54 Å². The Bertz CT molecular complexity index is 804. The van der Waals surface area contributed by atoms with Crippen LogP contribution in [0, 0.1) is 0 Å². The molecule has 0 bridgehead atoms. The van der Waals surface area contributed by atoms with Crippen molar-refractivity contribution >= 4 is 11.6 Å². The standard InChI is InChI=1S/C14H13N3O3/c1-16-12(18)10(8-15-14(16)20)13(19)17-7-6-9-4-2-3-5-11(9)17/h2-5,8H,6-7H2,1H3,(H,15,20). The van der Waals surface area contributed by atoms with Crippen LogP contribution < -0.4 is 16.1 Å². The predicted molar refractivity (Wildman–Crippen MR) is 74.1 cm³/mol. The number of aromatic amines is 1. The number of carbonyl (C=O) groups excluding carboxylic acids is 1. The van der Waals surface area contributed by atoms with Gasteiger partial charge in [0, 0.05) is 25.5 Å². The summed E-state index contributed by atoms with van der Waals surface area (Å²) in [6, 6.07) is 7.60. The van der Waals surface area contributed by atoms with Gasteiger partial charge >= 0.3 is 5.69 Å². The minimum atomic E-state index is -0.580. The summed E-state index contributed by atoms with van der Waals surface area (Å²) in [7, 11) is 1.34. The van der Waals surface area contributed by atoms with Gasteiger partial charge in [0.2, 0.25) is 0 Å². The quantitative estimate of drug-likeness (QED) is 0.809. The molecule has 2 heterocycles. The predicted octanol–water partition coefficient (Wildman–Crippen LogP) is 0.276. The van der Waals surface area contributed by atoms with E-state index in [0.717, 1.165) is 22.2 Å². The Morgan fingerprint density at radius 3 is 2.80 bits per heavy atom. The maximum absolute atomic E-state index is 12.5. The third-order valence-corrected chi connectivity index (χ3v) is 3.54. The molecule has 6 heteroatoms. The molecule has 0 fully saturated rings. The van der Waals surface area contributed by atoms with Crippen LogP contribution >= 0.6 is 0 Å². The average Bonchev–Trinajstić information content (AvgIpc) is 2.88. The average molecular weight is 271 g/mol. The molecule has 1 aromatic heterocycles. The van der Waals surface area contributed by atoms with Crippen molar-refractivity contribution in [2.75, 3.05) is 11.4 Å². The molecule has 20 heavy (non-hydrogen) atoms. The number of nitrogens with one attached hydrogen (secondary N) is 1. The molecular formula is C14H13N3O3. The van der Waals surface area contributed by atoms with E-state index >= 15 is 0 Å². The molecule has 102 valence electrons. The SMILES string of the molecule is Cn1c(=O)[nH]cc(C(=O)N2CCc3ccccc32)c1=O. The van der Waals surface area contributed by atoms with Crippen molar-refractivity contribution in [1.82, 2.24) is 9.55 Å². The summed E-state index contributed by atoms with van der Waals surface area (Å²) >= 11 is 0. The lowest BCUT2D eigenvalue weighted by Gasteiger charge is -2.16. The van der Waals surface area contributed by atoms with Crippen LogP contribution in [-0.2, 0) is 13.5 Å². The number of hydrogen-bond acceptors (Lipinski definition) is 3. The summed E-state index contributed by atoms with van der Waals surface area (Å²) in [6.45, 7) is 0.542. The zero-order chi connectivity index (χ0) is 14.3. The van der Waals surface area contributed by atoms with E-state index in [1.54, 1.807) is 4.90 Å². The second kappa shape index (κ2) is 4.48. The minimum Gasteiger partial charge on any atom is -0.313 e. The summed E-state index contributed by atoms with van der Waals surface area (Å²) in [5, 5.41) is 0. The molecular weight excluding hydrogens is 258 g/mol. The van der Waals surface area contributed by atoms with E-state index in [-0.39, 0.29) is 11.5 Å². The molecule has 0 saturated heterocycles. The smallest absolute Gasteiger partial charge is 0.313 e. The summed E-state index contributed by atoms with van der Waals surface area (Å²) in [4.78, 5) is 39.8. The van der Waals surface area contributed by atoms with E-state index in [9.17, 15) is 14.4 Å². The van der Waals surface area contributed by atoms with Gasteiger partial charge in [0.05, 0.1) is 0 Å². The Morgan fingerprint density at radius 1 is 1.25 bits per heavy atom. The number of benzene rings is 1. The molecule has 6 nitrogen and oxygen atoms in total. The van der Waals surface area contributed by atoms with Crippen molar-refractivity contribution in [3.8, 4) is 0 Å². The number of hydrogen-bond donors (Lipinski definition) is 1. The second-order valence-corrected chi connectivity index (χ2v) is 4.71. The number of anilines is 1. The third kappa shape index (κ3) is 1.77. The van der Waals surface area contributed by atoms with Gasteiger partial charge in [0.25, 0.3) is 11.5 Å². The molecule has 0 radical (unpaired) electrons. The Balaban J connectivity index is 2.06. The molecule has 1 amide bonds. The number of nitrogens with zero attached hydrogens (tertiary/aromatic N) is 2. The summed E-state index contributed by atoms with van der Waals surface area (Å²) < 4.78 is 0.898. The van der Waals surface area contributed by atoms with Crippen molar-refractivity contribution in [2.24, 2.45) is 7.05 Å². The Hall–Kier alpha value is -2.63. The van der Waals surface area contributed by atoms with Crippen LogP contribution in [0.25, 0.3) is 0 Å². The van der Waals surface area contributed by atoms with Crippen LogP contribution in [0.5, 0.6) is 0 Å². The Kier molecular flexibility index (Phi) is 2.78. The van der Waals surface area contributed by atoms with Crippen LogP contribution in [0.1, 0.15) is 15.9 Å². The van der Waals surface area contributed by atoms with Gasteiger partial charge < -0.3 is 9.88 Å². The van der Waals surface area contributed by atoms with Crippen LogP contribution in [-0.4, -0.2) is 22.0 Å². The largest absolute Gasteiger partial charge is 0.328 e.